The molecule has 8 nitrogen and oxygen atoms in total. The van der Waals surface area contributed by atoms with Gasteiger partial charge in [-0.3, -0.25) is 4.40 Å². The Morgan fingerprint density at radius 2 is 2.00 bits per heavy atom. The quantitative estimate of drug-likeness (QED) is 0.415. The second-order valence-corrected chi connectivity index (χ2v) is 9.04. The van der Waals surface area contributed by atoms with Crippen molar-refractivity contribution in [3.05, 3.63) is 65.4 Å². The largest absolute Gasteiger partial charge is 0.357 e. The lowest BCUT2D eigenvalue weighted by molar-refractivity contribution is 0.600. The number of benzene rings is 1. The van der Waals surface area contributed by atoms with Crippen molar-refractivity contribution in [2.24, 2.45) is 4.99 Å². The summed E-state index contributed by atoms with van der Waals surface area (Å²) in [4.78, 5) is 4.49. The van der Waals surface area contributed by atoms with Crippen molar-refractivity contribution in [3.8, 4) is 0 Å². The lowest BCUT2D eigenvalue weighted by atomic mass is 10.1. The van der Waals surface area contributed by atoms with Gasteiger partial charge in [-0.1, -0.05) is 12.1 Å². The molecule has 0 aliphatic carbocycles. The normalized spacial score (nSPS) is 12.3. The Labute approximate surface area is 175 Å². The van der Waals surface area contributed by atoms with Crippen molar-refractivity contribution < 1.29 is 12.8 Å². The Morgan fingerprint density at radius 3 is 2.77 bits per heavy atom. The molecule has 0 aliphatic heterocycles. The van der Waals surface area contributed by atoms with E-state index in [1.807, 2.05) is 35.7 Å². The average Bonchev–Trinajstić information content (AvgIpc) is 3.10. The number of nitrogens with one attached hydrogen (secondary N) is 2. The SMILES string of the molecule is CCNC(=NCc1cc(F)ccc1CS(C)(=O)=O)NCCc1nnc2ccccn12. The summed E-state index contributed by atoms with van der Waals surface area (Å²) < 4.78 is 38.9. The van der Waals surface area contributed by atoms with E-state index in [1.165, 1.54) is 18.2 Å². The Morgan fingerprint density at radius 1 is 1.17 bits per heavy atom. The van der Waals surface area contributed by atoms with E-state index < -0.39 is 15.7 Å². The second kappa shape index (κ2) is 9.66. The van der Waals surface area contributed by atoms with Gasteiger partial charge in [0.05, 0.1) is 12.3 Å². The standard InChI is InChI=1S/C20H25FN6O2S/c1-3-22-20(23-10-9-19-26-25-18-6-4-5-11-27(18)19)24-13-16-12-17(21)8-7-15(16)14-30(2,28)29/h4-8,11-12H,3,9-10,13-14H2,1-2H3,(H2,22,23,24). The van der Waals surface area contributed by atoms with Gasteiger partial charge < -0.3 is 10.6 Å². The van der Waals surface area contributed by atoms with Crippen LogP contribution in [0.3, 0.4) is 0 Å². The highest BCUT2D eigenvalue weighted by molar-refractivity contribution is 7.89. The minimum absolute atomic E-state index is 0.151. The molecule has 0 amide bonds. The first kappa shape index (κ1) is 21.7. The molecule has 10 heteroatoms. The maximum absolute atomic E-state index is 13.7. The third-order valence-corrected chi connectivity index (χ3v) is 5.20. The number of rotatable bonds is 8. The Kier molecular flexibility index (Phi) is 6.99. The van der Waals surface area contributed by atoms with Gasteiger partial charge in [-0.2, -0.15) is 0 Å². The Hall–Kier alpha value is -3.01. The molecule has 3 rings (SSSR count). The molecule has 2 aromatic heterocycles. The number of sulfone groups is 1. The van der Waals surface area contributed by atoms with E-state index in [1.54, 1.807) is 0 Å². The van der Waals surface area contributed by atoms with Gasteiger partial charge in [-0.05, 0) is 42.3 Å². The van der Waals surface area contributed by atoms with Crippen LogP contribution in [0.5, 0.6) is 0 Å². The fourth-order valence-electron chi connectivity index (χ4n) is 3.03. The van der Waals surface area contributed by atoms with Gasteiger partial charge in [0.2, 0.25) is 0 Å². The van der Waals surface area contributed by atoms with Crippen LogP contribution in [0.2, 0.25) is 0 Å². The third kappa shape index (κ3) is 5.99. The highest BCUT2D eigenvalue weighted by Crippen LogP contribution is 2.15. The minimum Gasteiger partial charge on any atom is -0.357 e. The molecule has 0 radical (unpaired) electrons. The molecule has 30 heavy (non-hydrogen) atoms. The molecule has 0 saturated heterocycles. The van der Waals surface area contributed by atoms with Crippen molar-refractivity contribution in [1.29, 1.82) is 0 Å². The van der Waals surface area contributed by atoms with Crippen LogP contribution in [0, 0.1) is 5.82 Å². The van der Waals surface area contributed by atoms with Gasteiger partial charge in [0.15, 0.2) is 21.4 Å². The van der Waals surface area contributed by atoms with Gasteiger partial charge in [0, 0.05) is 32.0 Å². The van der Waals surface area contributed by atoms with Gasteiger partial charge >= 0.3 is 0 Å². The first-order valence-electron chi connectivity index (χ1n) is 9.61. The molecule has 0 aliphatic rings. The summed E-state index contributed by atoms with van der Waals surface area (Å²) in [6, 6.07) is 9.81. The summed E-state index contributed by atoms with van der Waals surface area (Å²) in [5.41, 5.74) is 1.88. The van der Waals surface area contributed by atoms with E-state index in [9.17, 15) is 12.8 Å². The summed E-state index contributed by atoms with van der Waals surface area (Å²) in [5, 5.41) is 14.7. The van der Waals surface area contributed by atoms with Crippen molar-refractivity contribution in [2.45, 2.75) is 25.6 Å². The summed E-state index contributed by atoms with van der Waals surface area (Å²) in [7, 11) is -3.24. The third-order valence-electron chi connectivity index (χ3n) is 4.36. The molecule has 1 aromatic carbocycles. The fraction of sp³-hybridized carbons (Fsp3) is 0.350. The number of guanidine groups is 1. The van der Waals surface area contributed by atoms with E-state index in [-0.39, 0.29) is 12.3 Å². The zero-order valence-electron chi connectivity index (χ0n) is 17.0. The lowest BCUT2D eigenvalue weighted by Crippen LogP contribution is -2.38. The first-order valence-corrected chi connectivity index (χ1v) is 11.7. The van der Waals surface area contributed by atoms with Crippen LogP contribution in [0.1, 0.15) is 23.9 Å². The Balaban J connectivity index is 1.68. The van der Waals surface area contributed by atoms with E-state index in [2.05, 4.69) is 25.8 Å². The number of aliphatic imine (C=N–C) groups is 1. The predicted molar refractivity (Wildman–Crippen MR) is 114 cm³/mol. The predicted octanol–water partition coefficient (Wildman–Crippen LogP) is 1.71. The first-order chi connectivity index (χ1) is 14.4. The zero-order valence-corrected chi connectivity index (χ0v) is 17.8. The van der Waals surface area contributed by atoms with Gasteiger partial charge in [-0.25, -0.2) is 17.8 Å². The summed E-state index contributed by atoms with van der Waals surface area (Å²) in [6.07, 6.45) is 3.70. The molecule has 2 heterocycles. The molecule has 160 valence electrons. The molecule has 0 fully saturated rings. The smallest absolute Gasteiger partial charge is 0.191 e. The molecule has 3 aromatic rings. The van der Waals surface area contributed by atoms with E-state index in [4.69, 9.17) is 0 Å². The van der Waals surface area contributed by atoms with E-state index in [0.29, 0.717) is 36.6 Å². The number of pyridine rings is 1. The van der Waals surface area contributed by atoms with Gasteiger partial charge in [0.25, 0.3) is 0 Å². The fourth-order valence-corrected chi connectivity index (χ4v) is 3.87. The van der Waals surface area contributed by atoms with Crippen LogP contribution in [0.4, 0.5) is 4.39 Å². The van der Waals surface area contributed by atoms with Crippen LogP contribution in [0.25, 0.3) is 5.65 Å². The molecule has 0 bridgehead atoms. The summed E-state index contributed by atoms with van der Waals surface area (Å²) >= 11 is 0. The van der Waals surface area contributed by atoms with Crippen LogP contribution < -0.4 is 10.6 Å². The highest BCUT2D eigenvalue weighted by atomic mass is 32.2. The highest BCUT2D eigenvalue weighted by Gasteiger charge is 2.11. The maximum Gasteiger partial charge on any atom is 0.191 e. The van der Waals surface area contributed by atoms with Crippen molar-refractivity contribution in [3.63, 3.8) is 0 Å². The number of aromatic nitrogens is 3. The molecule has 0 spiro atoms. The molecule has 0 unspecified atom stereocenters. The second-order valence-electron chi connectivity index (χ2n) is 6.90. The van der Waals surface area contributed by atoms with E-state index in [0.717, 1.165) is 17.7 Å². The topological polar surface area (TPSA) is 101 Å². The summed E-state index contributed by atoms with van der Waals surface area (Å²) in [5.74, 6) is 0.812. The summed E-state index contributed by atoms with van der Waals surface area (Å²) in [6.45, 7) is 3.33. The lowest BCUT2D eigenvalue weighted by Gasteiger charge is -2.12. The van der Waals surface area contributed by atoms with Crippen LogP contribution in [-0.2, 0) is 28.6 Å². The molecular weight excluding hydrogens is 407 g/mol. The molecular formula is C20H25FN6O2S. The number of fused-ring (bicyclic) bond motifs is 1. The minimum atomic E-state index is -3.24. The molecule has 2 N–H and O–H groups in total. The number of nitrogens with zero attached hydrogens (tertiary/aromatic N) is 4. The maximum atomic E-state index is 13.7. The Bertz CT molecular complexity index is 1140. The zero-order chi connectivity index (χ0) is 21.6. The van der Waals surface area contributed by atoms with E-state index >= 15 is 0 Å². The molecule has 0 atom stereocenters. The van der Waals surface area contributed by atoms with Crippen LogP contribution >= 0.6 is 0 Å². The van der Waals surface area contributed by atoms with Crippen molar-refractivity contribution in [1.82, 2.24) is 25.2 Å². The van der Waals surface area contributed by atoms with Crippen molar-refractivity contribution in [2.75, 3.05) is 19.3 Å². The van der Waals surface area contributed by atoms with Crippen molar-refractivity contribution >= 4 is 21.4 Å². The van der Waals surface area contributed by atoms with Crippen LogP contribution in [-0.4, -0.2) is 48.3 Å². The van der Waals surface area contributed by atoms with Gasteiger partial charge in [-0.15, -0.1) is 10.2 Å². The average molecular weight is 433 g/mol. The number of hydrogen-bond donors (Lipinski definition) is 2. The number of hydrogen-bond acceptors (Lipinski definition) is 5. The number of halogens is 1. The van der Waals surface area contributed by atoms with Gasteiger partial charge in [0.1, 0.15) is 11.6 Å². The molecule has 0 saturated carbocycles. The van der Waals surface area contributed by atoms with Crippen LogP contribution in [0.15, 0.2) is 47.6 Å². The monoisotopic (exact) mass is 432 g/mol.